The van der Waals surface area contributed by atoms with E-state index in [2.05, 4.69) is 54.6 Å². The second-order valence-electron chi connectivity index (χ2n) is 14.3. The first-order valence-electron chi connectivity index (χ1n) is 13.7. The van der Waals surface area contributed by atoms with Gasteiger partial charge in [0.25, 0.3) is 0 Å². The van der Waals surface area contributed by atoms with E-state index in [0.717, 1.165) is 25.9 Å². The van der Waals surface area contributed by atoms with Gasteiger partial charge in [-0.15, -0.1) is 0 Å². The minimum atomic E-state index is -4.60. The third kappa shape index (κ3) is 4.52. The number of halogens is 1. The van der Waals surface area contributed by atoms with Gasteiger partial charge in [0.15, 0.2) is 8.32 Å². The molecular weight excluding hydrogens is 478 g/mol. The van der Waals surface area contributed by atoms with Crippen LogP contribution in [0.2, 0.25) is 18.1 Å². The summed E-state index contributed by atoms with van der Waals surface area (Å²) in [6.45, 7) is 19.5. The van der Waals surface area contributed by atoms with E-state index in [-0.39, 0.29) is 10.5 Å². The molecule has 0 spiro atoms. The zero-order valence-corrected chi connectivity index (χ0v) is 25.0. The lowest BCUT2D eigenvalue weighted by Crippen LogP contribution is -2.52. The Hall–Kier alpha value is -0.263. The highest BCUT2D eigenvalue weighted by Gasteiger charge is 2.61. The van der Waals surface area contributed by atoms with Gasteiger partial charge in [-0.25, -0.2) is 4.39 Å². The lowest BCUT2D eigenvalue weighted by Gasteiger charge is -2.59. The van der Waals surface area contributed by atoms with E-state index in [1.807, 2.05) is 6.08 Å². The Bertz CT molecular complexity index is 949. The third-order valence-electron chi connectivity index (χ3n) is 11.5. The molecule has 4 rings (SSSR count). The van der Waals surface area contributed by atoms with E-state index in [1.54, 1.807) is 0 Å². The maximum atomic E-state index is 15.4. The van der Waals surface area contributed by atoms with Crippen molar-refractivity contribution >= 4 is 15.9 Å². The van der Waals surface area contributed by atoms with Crippen molar-refractivity contribution in [1.29, 1.82) is 0 Å². The highest BCUT2D eigenvalue weighted by Crippen LogP contribution is 2.69. The van der Waals surface area contributed by atoms with Gasteiger partial charge in [0.1, 0.15) is 5.83 Å². The van der Waals surface area contributed by atoms with Gasteiger partial charge in [0, 0.05) is 12.5 Å². The smallest absolute Gasteiger partial charge is 0.358 e. The minimum Gasteiger partial charge on any atom is -0.417 e. The summed E-state index contributed by atoms with van der Waals surface area (Å²) in [5, 5.41) is -0.173. The van der Waals surface area contributed by atoms with E-state index in [9.17, 15) is 14.4 Å². The molecule has 8 atom stereocenters. The molecule has 0 radical (unpaired) electrons. The molecular formula is C28H48FO4PSi. The second-order valence-corrected chi connectivity index (χ2v) is 20.6. The number of hydrogen-bond acceptors (Lipinski definition) is 2. The monoisotopic (exact) mass is 526 g/mol. The fourth-order valence-electron chi connectivity index (χ4n) is 8.43. The van der Waals surface area contributed by atoms with Crippen LogP contribution in [-0.2, 0) is 8.99 Å². The van der Waals surface area contributed by atoms with E-state index in [0.29, 0.717) is 41.4 Å². The van der Waals surface area contributed by atoms with Crippen LogP contribution < -0.4 is 0 Å². The number of fused-ring (bicyclic) bond motifs is 5. The van der Waals surface area contributed by atoms with E-state index in [4.69, 9.17) is 4.43 Å². The molecule has 2 N–H and O–H groups in total. The van der Waals surface area contributed by atoms with Crippen LogP contribution >= 0.6 is 7.60 Å². The van der Waals surface area contributed by atoms with Crippen molar-refractivity contribution in [1.82, 2.24) is 0 Å². The average molecular weight is 527 g/mol. The molecule has 4 nitrogen and oxygen atoms in total. The molecule has 0 unspecified atom stereocenters. The van der Waals surface area contributed by atoms with E-state index < -0.39 is 33.0 Å². The fraction of sp³-hybridized carbons (Fsp3) is 0.857. The molecule has 0 aromatic rings. The molecule has 0 saturated heterocycles. The van der Waals surface area contributed by atoms with Gasteiger partial charge < -0.3 is 14.2 Å². The van der Waals surface area contributed by atoms with Crippen molar-refractivity contribution in [3.8, 4) is 0 Å². The van der Waals surface area contributed by atoms with Crippen molar-refractivity contribution in [2.75, 3.05) is 6.61 Å². The largest absolute Gasteiger partial charge is 0.417 e. The molecule has 7 heteroatoms. The number of hydrogen-bond donors (Lipinski definition) is 2. The predicted octanol–water partition coefficient (Wildman–Crippen LogP) is 8.05. The Kier molecular flexibility index (Phi) is 7.06. The fourth-order valence-corrected chi connectivity index (χ4v) is 10.2. The quantitative estimate of drug-likeness (QED) is 0.281. The SMILES string of the molecule is C[C@H](CO[Si](C)(C)C(C)(C)C)[C@H]1CC[C@H]2[C@@H]3CC[C@H]4C(F)=C(P(=O)(O)O)C=C[C@]4(C)[C@H]3CC[C@]12C. The molecule has 35 heavy (non-hydrogen) atoms. The Balaban J connectivity index is 1.51. The Morgan fingerprint density at radius 2 is 1.80 bits per heavy atom. The topological polar surface area (TPSA) is 66.8 Å². The lowest BCUT2D eigenvalue weighted by atomic mass is 9.46. The van der Waals surface area contributed by atoms with Gasteiger partial charge in [0.2, 0.25) is 0 Å². The maximum absolute atomic E-state index is 15.4. The van der Waals surface area contributed by atoms with Crippen LogP contribution in [0.1, 0.15) is 80.1 Å². The van der Waals surface area contributed by atoms with Crippen LogP contribution in [0.25, 0.3) is 0 Å². The first-order valence-corrected chi connectivity index (χ1v) is 18.2. The van der Waals surface area contributed by atoms with Crippen molar-refractivity contribution in [3.05, 3.63) is 23.3 Å². The minimum absolute atomic E-state index is 0.220. The van der Waals surface area contributed by atoms with E-state index in [1.165, 1.54) is 18.9 Å². The summed E-state index contributed by atoms with van der Waals surface area (Å²) in [6, 6.07) is 0. The van der Waals surface area contributed by atoms with Gasteiger partial charge in [0.05, 0.1) is 5.31 Å². The number of rotatable bonds is 5. The van der Waals surface area contributed by atoms with Crippen molar-refractivity contribution in [3.63, 3.8) is 0 Å². The normalized spacial score (nSPS) is 40.8. The summed E-state index contributed by atoms with van der Waals surface area (Å²) < 4.78 is 33.9. The van der Waals surface area contributed by atoms with Crippen molar-refractivity contribution < 1.29 is 23.2 Å². The Labute approximate surface area is 213 Å². The Morgan fingerprint density at radius 3 is 2.40 bits per heavy atom. The van der Waals surface area contributed by atoms with Crippen LogP contribution in [-0.4, -0.2) is 24.7 Å². The number of allylic oxidation sites excluding steroid dienone is 4. The summed E-state index contributed by atoms with van der Waals surface area (Å²) in [4.78, 5) is 19.3. The third-order valence-corrected chi connectivity index (χ3v) is 17.0. The molecule has 3 saturated carbocycles. The first-order chi connectivity index (χ1) is 15.9. The van der Waals surface area contributed by atoms with E-state index >= 15 is 4.39 Å². The van der Waals surface area contributed by atoms with Crippen LogP contribution in [0.5, 0.6) is 0 Å². The zero-order chi connectivity index (χ0) is 26.2. The average Bonchev–Trinajstić information content (AvgIpc) is 3.07. The van der Waals surface area contributed by atoms with Crippen LogP contribution in [0, 0.1) is 46.3 Å². The maximum Gasteiger partial charge on any atom is 0.358 e. The first kappa shape index (κ1) is 27.8. The highest BCUT2D eigenvalue weighted by molar-refractivity contribution is 7.56. The van der Waals surface area contributed by atoms with Gasteiger partial charge in [-0.3, -0.25) is 4.57 Å². The molecule has 0 bridgehead atoms. The second kappa shape index (κ2) is 8.90. The summed E-state index contributed by atoms with van der Waals surface area (Å²) >= 11 is 0. The lowest BCUT2D eigenvalue weighted by molar-refractivity contribution is -0.0802. The molecule has 3 fully saturated rings. The van der Waals surface area contributed by atoms with Gasteiger partial charge in [-0.1, -0.05) is 47.6 Å². The molecule has 4 aliphatic carbocycles. The van der Waals surface area contributed by atoms with Crippen molar-refractivity contribution in [2.24, 2.45) is 46.3 Å². The summed E-state index contributed by atoms with van der Waals surface area (Å²) in [7, 11) is -6.37. The van der Waals surface area contributed by atoms with Gasteiger partial charge >= 0.3 is 7.60 Å². The summed E-state index contributed by atoms with van der Waals surface area (Å²) in [5.74, 6) is 1.79. The standard InChI is InChI=1S/C28H48FO4PSi/c1-18(17-33-35(7,8)26(2,3)4)20-11-12-21-19-9-10-23-25(29)24(34(30,31)32)14-16-28(23,6)22(19)13-15-27(20,21)5/h14,16,18-23H,9-13,15,17H2,1-8H3,(H2,30,31,32)/t18-,19+,20-,21+,22+,23+,27-,28-/m1/s1. The van der Waals surface area contributed by atoms with Crippen molar-refractivity contribution in [2.45, 2.75) is 98.2 Å². The molecule has 0 heterocycles. The summed E-state index contributed by atoms with van der Waals surface area (Å²) in [6.07, 6.45) is 9.71. The molecule has 0 amide bonds. The van der Waals surface area contributed by atoms with Crippen LogP contribution in [0.15, 0.2) is 23.3 Å². The van der Waals surface area contributed by atoms with Gasteiger partial charge in [-0.2, -0.15) is 0 Å². The van der Waals surface area contributed by atoms with Crippen LogP contribution in [0.3, 0.4) is 0 Å². The molecule has 0 aromatic heterocycles. The molecule has 4 aliphatic rings. The predicted molar refractivity (Wildman–Crippen MR) is 143 cm³/mol. The highest BCUT2D eigenvalue weighted by atomic mass is 31.2. The van der Waals surface area contributed by atoms with Gasteiger partial charge in [-0.05, 0) is 103 Å². The summed E-state index contributed by atoms with van der Waals surface area (Å²) in [5.41, 5.74) is -0.0630. The molecule has 0 aromatic carbocycles. The molecule has 200 valence electrons. The van der Waals surface area contributed by atoms with Crippen LogP contribution in [0.4, 0.5) is 4.39 Å². The molecule has 0 aliphatic heterocycles. The zero-order valence-electron chi connectivity index (χ0n) is 23.1. The Morgan fingerprint density at radius 1 is 1.14 bits per heavy atom.